The Balaban J connectivity index is 1.84. The van der Waals surface area contributed by atoms with Crippen LogP contribution in [0.3, 0.4) is 0 Å². The molecule has 0 saturated heterocycles. The number of carbonyl (C=O) groups excluding carboxylic acids is 1. The van der Waals surface area contributed by atoms with Crippen LogP contribution < -0.4 is 10.0 Å². The largest absolute Gasteiger partial charge is 0.416 e. The van der Waals surface area contributed by atoms with Gasteiger partial charge in [0.2, 0.25) is 15.9 Å². The van der Waals surface area contributed by atoms with Crippen molar-refractivity contribution in [2.45, 2.75) is 42.4 Å². The summed E-state index contributed by atoms with van der Waals surface area (Å²) in [6, 6.07) is 11.1. The molecule has 3 rings (SSSR count). The minimum absolute atomic E-state index is 0.0174. The van der Waals surface area contributed by atoms with Gasteiger partial charge in [-0.15, -0.1) is 0 Å². The van der Waals surface area contributed by atoms with E-state index in [0.29, 0.717) is 6.07 Å². The van der Waals surface area contributed by atoms with Crippen molar-refractivity contribution < 1.29 is 26.4 Å². The van der Waals surface area contributed by atoms with Crippen LogP contribution in [-0.4, -0.2) is 26.4 Å². The Morgan fingerprint density at radius 1 is 1.07 bits per heavy atom. The molecule has 2 aromatic rings. The van der Waals surface area contributed by atoms with Crippen LogP contribution in [-0.2, 0) is 27.4 Å². The molecule has 1 aliphatic rings. The van der Waals surface area contributed by atoms with Crippen molar-refractivity contribution in [3.8, 4) is 0 Å². The molecule has 0 heterocycles. The lowest BCUT2D eigenvalue weighted by Gasteiger charge is -2.19. The molecular weight excluding hydrogens is 393 g/mol. The molecule has 0 bridgehead atoms. The van der Waals surface area contributed by atoms with Crippen LogP contribution in [0.15, 0.2) is 59.5 Å². The lowest BCUT2D eigenvalue weighted by atomic mass is 10.1. The molecule has 5 nitrogen and oxygen atoms in total. The number of sulfonamides is 1. The summed E-state index contributed by atoms with van der Waals surface area (Å²) < 4.78 is 66.3. The highest BCUT2D eigenvalue weighted by atomic mass is 32.2. The Bertz CT molecular complexity index is 942. The summed E-state index contributed by atoms with van der Waals surface area (Å²) in [6.45, 7) is 0. The first kappa shape index (κ1) is 20.3. The van der Waals surface area contributed by atoms with E-state index in [4.69, 9.17) is 0 Å². The zero-order chi connectivity index (χ0) is 20.4. The van der Waals surface area contributed by atoms with E-state index in [1.807, 2.05) is 0 Å². The minimum atomic E-state index is -4.67. The number of carbonyl (C=O) groups is 1. The van der Waals surface area contributed by atoms with Crippen LogP contribution >= 0.6 is 0 Å². The number of hydrogen-bond acceptors (Lipinski definition) is 3. The van der Waals surface area contributed by atoms with Crippen LogP contribution in [0.1, 0.15) is 24.0 Å². The summed E-state index contributed by atoms with van der Waals surface area (Å²) in [4.78, 5) is 12.0. The molecule has 2 N–H and O–H groups in total. The van der Waals surface area contributed by atoms with Gasteiger partial charge in [0.25, 0.3) is 0 Å². The molecule has 9 heteroatoms. The number of nitrogens with one attached hydrogen (secondary N) is 2. The Kier molecular flexibility index (Phi) is 5.76. The second kappa shape index (κ2) is 7.92. The highest BCUT2D eigenvalue weighted by Gasteiger charge is 2.33. The maximum absolute atomic E-state index is 12.9. The van der Waals surface area contributed by atoms with Gasteiger partial charge in [-0.25, -0.2) is 8.42 Å². The second-order valence-electron chi connectivity index (χ2n) is 6.67. The maximum atomic E-state index is 12.9. The van der Waals surface area contributed by atoms with Crippen LogP contribution in [0.4, 0.5) is 13.2 Å². The fourth-order valence-corrected chi connectivity index (χ4v) is 3.90. The molecule has 1 saturated carbocycles. The molecule has 0 aliphatic heterocycles. The fraction of sp³-hybridized carbons (Fsp3) is 0.316. The van der Waals surface area contributed by atoms with Crippen molar-refractivity contribution in [1.82, 2.24) is 10.0 Å². The van der Waals surface area contributed by atoms with Crippen LogP contribution in [0.5, 0.6) is 0 Å². The van der Waals surface area contributed by atoms with E-state index in [0.717, 1.165) is 36.6 Å². The average Bonchev–Trinajstić information content (AvgIpc) is 3.45. The molecule has 1 aliphatic carbocycles. The lowest BCUT2D eigenvalue weighted by Crippen LogP contribution is -2.48. The van der Waals surface area contributed by atoms with Crippen LogP contribution in [0.2, 0.25) is 0 Å². The predicted octanol–water partition coefficient (Wildman–Crippen LogP) is 2.87. The molecule has 1 amide bonds. The van der Waals surface area contributed by atoms with Gasteiger partial charge in [-0.2, -0.15) is 17.9 Å². The Morgan fingerprint density at radius 2 is 1.75 bits per heavy atom. The molecule has 1 fully saturated rings. The zero-order valence-corrected chi connectivity index (χ0v) is 15.6. The van der Waals surface area contributed by atoms with Gasteiger partial charge in [0.1, 0.15) is 6.04 Å². The predicted molar refractivity (Wildman–Crippen MR) is 96.9 cm³/mol. The quantitative estimate of drug-likeness (QED) is 0.734. The first-order valence-electron chi connectivity index (χ1n) is 8.69. The third-order valence-corrected chi connectivity index (χ3v) is 5.76. The third-order valence-electron chi connectivity index (χ3n) is 4.29. The zero-order valence-electron chi connectivity index (χ0n) is 14.7. The molecule has 1 atom stereocenters. The van der Waals surface area contributed by atoms with Gasteiger partial charge in [0.15, 0.2) is 0 Å². The molecule has 0 spiro atoms. The highest BCUT2D eigenvalue weighted by Crippen LogP contribution is 2.30. The standard InChI is InChI=1S/C19H19F3N2O3S/c20-19(21,22)14-7-4-8-16(12-14)28(26,27)24-17(18(25)23-15-9-10-15)11-13-5-2-1-3-6-13/h1-8,12,15,17,24H,9-11H2,(H,23,25). The van der Waals surface area contributed by atoms with Crippen molar-refractivity contribution in [2.75, 3.05) is 0 Å². The Labute approximate surface area is 161 Å². The number of rotatable bonds is 7. The number of amides is 1. The maximum Gasteiger partial charge on any atom is 0.416 e. The molecule has 0 radical (unpaired) electrons. The topological polar surface area (TPSA) is 75.3 Å². The molecule has 1 unspecified atom stereocenters. The van der Waals surface area contributed by atoms with E-state index in [1.54, 1.807) is 30.3 Å². The normalized spacial score (nSPS) is 15.8. The SMILES string of the molecule is O=C(NC1CC1)C(Cc1ccccc1)NS(=O)(=O)c1cccc(C(F)(F)F)c1. The molecule has 0 aromatic heterocycles. The van der Waals surface area contributed by atoms with Crippen molar-refractivity contribution in [3.63, 3.8) is 0 Å². The van der Waals surface area contributed by atoms with E-state index in [-0.39, 0.29) is 12.5 Å². The summed E-state index contributed by atoms with van der Waals surface area (Å²) in [5.41, 5.74) is -0.345. The van der Waals surface area contributed by atoms with Crippen molar-refractivity contribution in [1.29, 1.82) is 0 Å². The van der Waals surface area contributed by atoms with Gasteiger partial charge in [0.05, 0.1) is 10.5 Å². The van der Waals surface area contributed by atoms with Crippen molar-refractivity contribution in [2.24, 2.45) is 0 Å². The number of benzene rings is 2. The van der Waals surface area contributed by atoms with E-state index in [1.165, 1.54) is 0 Å². The Hall–Kier alpha value is -2.39. The summed E-state index contributed by atoms with van der Waals surface area (Å²) in [5, 5.41) is 2.74. The monoisotopic (exact) mass is 412 g/mol. The summed E-state index contributed by atoms with van der Waals surface area (Å²) in [7, 11) is -4.33. The summed E-state index contributed by atoms with van der Waals surface area (Å²) >= 11 is 0. The van der Waals surface area contributed by atoms with Crippen LogP contribution in [0.25, 0.3) is 0 Å². The van der Waals surface area contributed by atoms with Gasteiger partial charge in [-0.1, -0.05) is 36.4 Å². The van der Waals surface area contributed by atoms with E-state index >= 15 is 0 Å². The van der Waals surface area contributed by atoms with E-state index < -0.39 is 38.6 Å². The fourth-order valence-electron chi connectivity index (χ4n) is 2.66. The highest BCUT2D eigenvalue weighted by molar-refractivity contribution is 7.89. The van der Waals surface area contributed by atoms with Crippen LogP contribution in [0, 0.1) is 0 Å². The number of alkyl halides is 3. The molecular formula is C19H19F3N2O3S. The van der Waals surface area contributed by atoms with Crippen molar-refractivity contribution >= 4 is 15.9 Å². The van der Waals surface area contributed by atoms with E-state index in [2.05, 4.69) is 10.0 Å². The first-order valence-corrected chi connectivity index (χ1v) is 10.2. The Morgan fingerprint density at radius 3 is 2.36 bits per heavy atom. The summed E-state index contributed by atoms with van der Waals surface area (Å²) in [5.74, 6) is -0.498. The lowest BCUT2D eigenvalue weighted by molar-refractivity contribution is -0.137. The molecule has 150 valence electrons. The van der Waals surface area contributed by atoms with Gasteiger partial charge in [-0.05, 0) is 43.0 Å². The average molecular weight is 412 g/mol. The summed E-state index contributed by atoms with van der Waals surface area (Å²) in [6.07, 6.45) is -2.94. The van der Waals surface area contributed by atoms with Gasteiger partial charge >= 0.3 is 6.18 Å². The number of hydrogen-bond donors (Lipinski definition) is 2. The smallest absolute Gasteiger partial charge is 0.352 e. The molecule has 2 aromatic carbocycles. The van der Waals surface area contributed by atoms with Gasteiger partial charge in [-0.3, -0.25) is 4.79 Å². The van der Waals surface area contributed by atoms with Gasteiger partial charge < -0.3 is 5.32 Å². The van der Waals surface area contributed by atoms with E-state index in [9.17, 15) is 26.4 Å². The minimum Gasteiger partial charge on any atom is -0.352 e. The second-order valence-corrected chi connectivity index (χ2v) is 8.39. The van der Waals surface area contributed by atoms with Gasteiger partial charge in [0, 0.05) is 6.04 Å². The number of halogens is 3. The van der Waals surface area contributed by atoms with Crippen molar-refractivity contribution in [3.05, 3.63) is 65.7 Å². The first-order chi connectivity index (χ1) is 13.1. The third kappa shape index (κ3) is 5.32. The molecule has 28 heavy (non-hydrogen) atoms.